The molecule has 0 aliphatic rings. The summed E-state index contributed by atoms with van der Waals surface area (Å²) in [7, 11) is 1.35. The van der Waals surface area contributed by atoms with Crippen molar-refractivity contribution in [2.45, 2.75) is 32.2 Å². The van der Waals surface area contributed by atoms with Crippen LogP contribution in [0.15, 0.2) is 30.5 Å². The van der Waals surface area contributed by atoms with Gasteiger partial charge in [-0.1, -0.05) is 6.92 Å². The van der Waals surface area contributed by atoms with Crippen molar-refractivity contribution in [3.8, 4) is 0 Å². The molecule has 0 aliphatic heterocycles. The first-order chi connectivity index (χ1) is 9.97. The van der Waals surface area contributed by atoms with Gasteiger partial charge in [0, 0.05) is 28.2 Å². The molecule has 0 bridgehead atoms. The number of aromatic nitrogens is 1. The van der Waals surface area contributed by atoms with Gasteiger partial charge in [-0.2, -0.15) is 0 Å². The number of amides is 1. The van der Waals surface area contributed by atoms with Crippen LogP contribution in [0.5, 0.6) is 0 Å². The second-order valence-electron chi connectivity index (χ2n) is 5.40. The average Bonchev–Trinajstić information content (AvgIpc) is 2.94. The number of esters is 1. The van der Waals surface area contributed by atoms with Gasteiger partial charge in [-0.05, 0) is 37.6 Å². The van der Waals surface area contributed by atoms with Crippen LogP contribution in [0.2, 0.25) is 0 Å². The highest BCUT2D eigenvalue weighted by Gasteiger charge is 2.28. The van der Waals surface area contributed by atoms with Gasteiger partial charge in [0.15, 0.2) is 0 Å². The minimum absolute atomic E-state index is 0.151. The van der Waals surface area contributed by atoms with Gasteiger partial charge in [0.1, 0.15) is 0 Å². The number of hydrogen-bond acceptors (Lipinski definition) is 3. The first kappa shape index (κ1) is 15.1. The summed E-state index contributed by atoms with van der Waals surface area (Å²) in [6, 6.07) is 7.38. The summed E-state index contributed by atoms with van der Waals surface area (Å²) < 4.78 is 4.69. The zero-order valence-electron chi connectivity index (χ0n) is 12.5. The highest BCUT2D eigenvalue weighted by atomic mass is 16.5. The lowest BCUT2D eigenvalue weighted by Gasteiger charge is -2.28. The van der Waals surface area contributed by atoms with Crippen molar-refractivity contribution in [1.82, 2.24) is 10.3 Å². The van der Waals surface area contributed by atoms with E-state index in [4.69, 9.17) is 0 Å². The summed E-state index contributed by atoms with van der Waals surface area (Å²) >= 11 is 0. The fraction of sp³-hybridized carbons (Fsp3) is 0.375. The van der Waals surface area contributed by atoms with E-state index in [0.29, 0.717) is 12.0 Å². The Morgan fingerprint density at radius 2 is 2.10 bits per heavy atom. The number of ether oxygens (including phenoxy) is 1. The molecule has 0 unspecified atom stereocenters. The summed E-state index contributed by atoms with van der Waals surface area (Å²) in [6.45, 7) is 3.77. The minimum Gasteiger partial charge on any atom is -0.469 e. The van der Waals surface area contributed by atoms with E-state index in [-0.39, 0.29) is 18.3 Å². The van der Waals surface area contributed by atoms with Crippen LogP contribution in [0.4, 0.5) is 0 Å². The zero-order valence-corrected chi connectivity index (χ0v) is 12.5. The van der Waals surface area contributed by atoms with Crippen LogP contribution in [0.1, 0.15) is 37.0 Å². The molecule has 0 aliphatic carbocycles. The zero-order chi connectivity index (χ0) is 15.5. The summed E-state index contributed by atoms with van der Waals surface area (Å²) in [5.41, 5.74) is 0.947. The fourth-order valence-corrected chi connectivity index (χ4v) is 2.19. The monoisotopic (exact) mass is 288 g/mol. The maximum absolute atomic E-state index is 12.4. The van der Waals surface area contributed by atoms with Crippen molar-refractivity contribution in [2.75, 3.05) is 7.11 Å². The van der Waals surface area contributed by atoms with Crippen LogP contribution in [0.25, 0.3) is 10.9 Å². The molecule has 0 radical (unpaired) electrons. The number of carbonyl (C=O) groups excluding carboxylic acids is 2. The number of benzene rings is 1. The molecule has 112 valence electrons. The van der Waals surface area contributed by atoms with Gasteiger partial charge >= 0.3 is 5.97 Å². The number of rotatable bonds is 5. The van der Waals surface area contributed by atoms with Gasteiger partial charge in [-0.3, -0.25) is 9.59 Å². The van der Waals surface area contributed by atoms with Crippen LogP contribution in [0.3, 0.4) is 0 Å². The van der Waals surface area contributed by atoms with E-state index in [1.165, 1.54) is 7.11 Å². The Morgan fingerprint density at radius 1 is 1.33 bits per heavy atom. The topological polar surface area (TPSA) is 71.2 Å². The van der Waals surface area contributed by atoms with Crippen molar-refractivity contribution in [3.63, 3.8) is 0 Å². The van der Waals surface area contributed by atoms with E-state index in [1.807, 2.05) is 38.2 Å². The van der Waals surface area contributed by atoms with Crippen LogP contribution in [-0.4, -0.2) is 29.5 Å². The minimum atomic E-state index is -0.614. The lowest BCUT2D eigenvalue weighted by Crippen LogP contribution is -2.47. The van der Waals surface area contributed by atoms with Gasteiger partial charge in [0.05, 0.1) is 13.5 Å². The van der Waals surface area contributed by atoms with Gasteiger partial charge in [-0.25, -0.2) is 0 Å². The molecule has 1 atom stereocenters. The maximum atomic E-state index is 12.4. The predicted octanol–water partition coefficient (Wildman–Crippen LogP) is 2.63. The summed E-state index contributed by atoms with van der Waals surface area (Å²) in [6.07, 6.45) is 2.62. The van der Waals surface area contributed by atoms with Crippen LogP contribution in [-0.2, 0) is 9.53 Å². The van der Waals surface area contributed by atoms with E-state index in [9.17, 15) is 9.59 Å². The Balaban J connectivity index is 2.16. The van der Waals surface area contributed by atoms with Crippen LogP contribution in [0, 0.1) is 0 Å². The molecule has 0 saturated heterocycles. The van der Waals surface area contributed by atoms with Crippen molar-refractivity contribution in [2.24, 2.45) is 0 Å². The molecule has 5 heteroatoms. The molecular weight excluding hydrogens is 268 g/mol. The number of carbonyl (C=O) groups is 2. The number of methoxy groups -OCH3 is 1. The number of hydrogen-bond donors (Lipinski definition) is 2. The van der Waals surface area contributed by atoms with Crippen molar-refractivity contribution >= 4 is 22.8 Å². The van der Waals surface area contributed by atoms with E-state index in [0.717, 1.165) is 10.9 Å². The number of nitrogens with one attached hydrogen (secondary N) is 2. The normalized spacial score (nSPS) is 13.7. The summed E-state index contributed by atoms with van der Waals surface area (Å²) in [5, 5.41) is 3.91. The van der Waals surface area contributed by atoms with Gasteiger partial charge in [0.2, 0.25) is 0 Å². The molecule has 2 N–H and O–H groups in total. The van der Waals surface area contributed by atoms with E-state index < -0.39 is 5.54 Å². The molecule has 1 heterocycles. The molecule has 1 amide bonds. The molecule has 1 aromatic carbocycles. The lowest BCUT2D eigenvalue weighted by molar-refractivity contribution is -0.142. The van der Waals surface area contributed by atoms with E-state index in [2.05, 4.69) is 15.0 Å². The Labute approximate surface area is 123 Å². The predicted molar refractivity (Wildman–Crippen MR) is 81.1 cm³/mol. The summed E-state index contributed by atoms with van der Waals surface area (Å²) in [4.78, 5) is 26.9. The maximum Gasteiger partial charge on any atom is 0.307 e. The third kappa shape index (κ3) is 3.42. The third-order valence-electron chi connectivity index (χ3n) is 3.77. The molecule has 0 spiro atoms. The Kier molecular flexibility index (Phi) is 4.31. The molecule has 0 fully saturated rings. The van der Waals surface area contributed by atoms with E-state index >= 15 is 0 Å². The van der Waals surface area contributed by atoms with Crippen molar-refractivity contribution in [1.29, 1.82) is 0 Å². The van der Waals surface area contributed by atoms with Crippen LogP contribution >= 0.6 is 0 Å². The quantitative estimate of drug-likeness (QED) is 0.831. The second-order valence-corrected chi connectivity index (χ2v) is 5.40. The molecule has 2 rings (SSSR count). The largest absolute Gasteiger partial charge is 0.469 e. The van der Waals surface area contributed by atoms with Gasteiger partial charge in [-0.15, -0.1) is 0 Å². The Hall–Kier alpha value is -2.30. The fourth-order valence-electron chi connectivity index (χ4n) is 2.19. The molecule has 5 nitrogen and oxygen atoms in total. The standard InChI is InChI=1S/C16H20N2O3/c1-4-16(2,10-14(19)21-3)18-15(20)12-5-6-13-11(9-12)7-8-17-13/h5-9,17H,4,10H2,1-3H3,(H,18,20)/t16-/m1/s1. The number of fused-ring (bicyclic) bond motifs is 1. The first-order valence-electron chi connectivity index (χ1n) is 6.94. The SMILES string of the molecule is CC[C@](C)(CC(=O)OC)NC(=O)c1ccc2[nH]ccc2c1. The number of H-pyrrole nitrogens is 1. The second kappa shape index (κ2) is 5.99. The Bertz CT molecular complexity index is 662. The number of aromatic amines is 1. The highest BCUT2D eigenvalue weighted by molar-refractivity contribution is 5.98. The van der Waals surface area contributed by atoms with Gasteiger partial charge in [0.25, 0.3) is 5.91 Å². The lowest BCUT2D eigenvalue weighted by atomic mass is 9.94. The third-order valence-corrected chi connectivity index (χ3v) is 3.77. The molecule has 0 saturated carbocycles. The van der Waals surface area contributed by atoms with Crippen molar-refractivity contribution < 1.29 is 14.3 Å². The molecule has 1 aromatic heterocycles. The molecule has 2 aromatic rings. The smallest absolute Gasteiger partial charge is 0.307 e. The van der Waals surface area contributed by atoms with Gasteiger partial charge < -0.3 is 15.0 Å². The average molecular weight is 288 g/mol. The molecular formula is C16H20N2O3. The van der Waals surface area contributed by atoms with Crippen LogP contribution < -0.4 is 5.32 Å². The first-order valence-corrected chi connectivity index (χ1v) is 6.94. The highest BCUT2D eigenvalue weighted by Crippen LogP contribution is 2.18. The van der Waals surface area contributed by atoms with Crippen molar-refractivity contribution in [3.05, 3.63) is 36.0 Å². The molecule has 21 heavy (non-hydrogen) atoms. The van der Waals surface area contributed by atoms with E-state index in [1.54, 1.807) is 6.07 Å². The summed E-state index contributed by atoms with van der Waals surface area (Å²) in [5.74, 6) is -0.521. The Morgan fingerprint density at radius 3 is 2.76 bits per heavy atom.